The number of rotatable bonds is 4. The van der Waals surface area contributed by atoms with Crippen LogP contribution in [0.4, 0.5) is 0 Å². The van der Waals surface area contributed by atoms with Crippen molar-refractivity contribution in [3.63, 3.8) is 0 Å². The van der Waals surface area contributed by atoms with Crippen molar-refractivity contribution >= 4 is 52.5 Å². The Hall–Kier alpha value is -2.38. The maximum absolute atomic E-state index is 10.8. The van der Waals surface area contributed by atoms with Gasteiger partial charge in [-0.2, -0.15) is 10.2 Å². The molecule has 0 unspecified atom stereocenters. The molecule has 0 fully saturated rings. The molecular formula is C23H27Cl4N5O. The van der Waals surface area contributed by atoms with Gasteiger partial charge in [-0.25, -0.2) is 4.58 Å². The average Bonchev–Trinajstić information content (AvgIpc) is 3.16. The van der Waals surface area contributed by atoms with E-state index in [1.54, 1.807) is 35.6 Å². The van der Waals surface area contributed by atoms with Gasteiger partial charge >= 0.3 is 0 Å². The predicted octanol–water partition coefficient (Wildman–Crippen LogP) is 2.37. The first-order valence-corrected chi connectivity index (χ1v) is 10.7. The van der Waals surface area contributed by atoms with Crippen molar-refractivity contribution in [3.05, 3.63) is 75.9 Å². The zero-order chi connectivity index (χ0) is 24.1. The van der Waals surface area contributed by atoms with Gasteiger partial charge in [-0.15, -0.1) is 0 Å². The molecule has 0 bridgehead atoms. The van der Waals surface area contributed by atoms with E-state index in [2.05, 4.69) is 15.6 Å². The maximum Gasteiger partial charge on any atom is 0.232 e. The van der Waals surface area contributed by atoms with Gasteiger partial charge in [-0.05, 0) is 30.7 Å². The molecule has 33 heavy (non-hydrogen) atoms. The van der Waals surface area contributed by atoms with Crippen LogP contribution in [0.1, 0.15) is 22.8 Å². The van der Waals surface area contributed by atoms with Crippen LogP contribution in [0, 0.1) is 0 Å². The Morgan fingerprint density at radius 1 is 1.09 bits per heavy atom. The number of nitrogens with one attached hydrogen (secondary N) is 1. The van der Waals surface area contributed by atoms with Gasteiger partial charge in [-0.3, -0.25) is 9.48 Å². The number of halogens is 4. The molecule has 0 spiro atoms. The molecule has 0 aliphatic carbocycles. The fourth-order valence-corrected chi connectivity index (χ4v) is 2.94. The summed E-state index contributed by atoms with van der Waals surface area (Å²) in [6.45, 7) is 1.91. The number of carbonyl (C=O) groups is 1. The summed E-state index contributed by atoms with van der Waals surface area (Å²) in [5.41, 5.74) is 8.00. The number of aldehydes is 1. The van der Waals surface area contributed by atoms with E-state index in [9.17, 15) is 4.79 Å². The molecule has 3 rings (SSSR count). The molecule has 2 aromatic carbocycles. The summed E-state index contributed by atoms with van der Waals surface area (Å²) in [7, 11) is 7.27. The first-order valence-electron chi connectivity index (χ1n) is 9.54. The topological polar surface area (TPSA) is 62.3 Å². The molecule has 178 valence electrons. The molecule has 10 heteroatoms. The van der Waals surface area contributed by atoms with Crippen LogP contribution >= 0.6 is 34.8 Å². The number of aryl methyl sites for hydroxylation is 1. The maximum atomic E-state index is 10.8. The van der Waals surface area contributed by atoms with Gasteiger partial charge in [0.05, 0.1) is 16.3 Å². The van der Waals surface area contributed by atoms with Gasteiger partial charge in [0, 0.05) is 36.4 Å². The first-order chi connectivity index (χ1) is 15.2. The molecule has 1 aromatic heterocycles. The third-order valence-electron chi connectivity index (χ3n) is 3.85. The average molecular weight is 531 g/mol. The largest absolute Gasteiger partial charge is 1.00 e. The standard InChI is InChI=1S/C11H9ClN2O.C9H11ClN2.C3H7ClN.ClH/c1-14-6-8(7-15)11(13-14)9-4-2-3-5-10(9)12;1-7(12-11-2)8-5-3-4-6-9(8)10;1-5(2)3-4;/h2-7H,1H3;3-6,11H,1-2H3;3H,1-2H3;1H/q;;+1;/p-1/b;12-7-;;. The van der Waals surface area contributed by atoms with Gasteiger partial charge < -0.3 is 17.8 Å². The lowest BCUT2D eigenvalue weighted by atomic mass is 10.1. The lowest BCUT2D eigenvalue weighted by Gasteiger charge is -2.01. The van der Waals surface area contributed by atoms with E-state index >= 15 is 0 Å². The van der Waals surface area contributed by atoms with E-state index in [0.29, 0.717) is 16.3 Å². The number of aromatic nitrogens is 2. The number of hydrogen-bond acceptors (Lipinski definition) is 4. The minimum Gasteiger partial charge on any atom is -1.00 e. The second-order valence-electron chi connectivity index (χ2n) is 6.67. The van der Waals surface area contributed by atoms with Crippen LogP contribution in [0.25, 0.3) is 11.3 Å². The molecule has 0 radical (unpaired) electrons. The predicted molar refractivity (Wildman–Crippen MR) is 136 cm³/mol. The van der Waals surface area contributed by atoms with E-state index < -0.39 is 0 Å². The van der Waals surface area contributed by atoms with Gasteiger partial charge in [0.2, 0.25) is 5.67 Å². The number of nitrogens with zero attached hydrogens (tertiary/aromatic N) is 4. The fourth-order valence-electron chi connectivity index (χ4n) is 2.44. The zero-order valence-corrected chi connectivity index (χ0v) is 22.1. The van der Waals surface area contributed by atoms with Crippen molar-refractivity contribution in [1.82, 2.24) is 15.2 Å². The summed E-state index contributed by atoms with van der Waals surface area (Å²) in [5, 5.41) is 9.58. The van der Waals surface area contributed by atoms with E-state index in [0.717, 1.165) is 28.1 Å². The number of carbonyl (C=O) groups excluding carboxylic acids is 1. The van der Waals surface area contributed by atoms with Crippen molar-refractivity contribution in [2.45, 2.75) is 6.92 Å². The van der Waals surface area contributed by atoms with Crippen molar-refractivity contribution in [3.8, 4) is 11.3 Å². The Bertz CT molecular complexity index is 1080. The monoisotopic (exact) mass is 529 g/mol. The van der Waals surface area contributed by atoms with Crippen LogP contribution < -0.4 is 17.8 Å². The summed E-state index contributed by atoms with van der Waals surface area (Å²) in [6, 6.07) is 15.0. The summed E-state index contributed by atoms with van der Waals surface area (Å²) < 4.78 is 3.37. The molecule has 0 saturated carbocycles. The van der Waals surface area contributed by atoms with Gasteiger partial charge in [-0.1, -0.05) is 59.6 Å². The third-order valence-corrected chi connectivity index (χ3v) is 4.90. The van der Waals surface area contributed by atoms with Crippen LogP contribution in [0.2, 0.25) is 10.0 Å². The third kappa shape index (κ3) is 10.4. The van der Waals surface area contributed by atoms with Crippen molar-refractivity contribution in [2.24, 2.45) is 12.1 Å². The molecule has 0 aliphatic heterocycles. The molecule has 1 heterocycles. The highest BCUT2D eigenvalue weighted by Crippen LogP contribution is 2.27. The zero-order valence-electron chi connectivity index (χ0n) is 19.1. The highest BCUT2D eigenvalue weighted by molar-refractivity contribution is 6.54. The fraction of sp³-hybridized carbons (Fsp3) is 0.217. The minimum absolute atomic E-state index is 0. The molecule has 0 amide bonds. The summed E-state index contributed by atoms with van der Waals surface area (Å²) in [6.07, 6.45) is 2.46. The Labute approximate surface area is 216 Å². The van der Waals surface area contributed by atoms with Gasteiger partial charge in [0.15, 0.2) is 6.29 Å². The number of hydrogen-bond donors (Lipinski definition) is 1. The summed E-state index contributed by atoms with van der Waals surface area (Å²) in [4.78, 5) is 10.8. The second kappa shape index (κ2) is 16.3. The van der Waals surface area contributed by atoms with Crippen LogP contribution in [0.3, 0.4) is 0 Å². The highest BCUT2D eigenvalue weighted by atomic mass is 35.5. The SMILES string of the molecule is CN/N=C(/C)c1ccccc1Cl.C[N+](C)=CCl.Cn1cc(C=O)c(-c2ccccc2Cl)n1.[Cl-]. The van der Waals surface area contributed by atoms with Crippen LogP contribution in [-0.4, -0.2) is 53.2 Å². The Kier molecular flexibility index (Phi) is 15.1. The van der Waals surface area contributed by atoms with E-state index in [4.69, 9.17) is 34.8 Å². The molecule has 3 aromatic rings. The quantitative estimate of drug-likeness (QED) is 0.244. The Balaban J connectivity index is 0.000000513. The lowest BCUT2D eigenvalue weighted by molar-refractivity contribution is -0.457. The minimum atomic E-state index is 0. The molecule has 0 atom stereocenters. The van der Waals surface area contributed by atoms with Crippen molar-refractivity contribution in [1.29, 1.82) is 0 Å². The Morgan fingerprint density at radius 3 is 2.12 bits per heavy atom. The Morgan fingerprint density at radius 2 is 1.64 bits per heavy atom. The van der Waals surface area contributed by atoms with Crippen LogP contribution in [-0.2, 0) is 7.05 Å². The normalized spacial score (nSPS) is 9.88. The molecule has 0 aliphatic rings. The molecule has 1 N–H and O–H groups in total. The molecule has 6 nitrogen and oxygen atoms in total. The first kappa shape index (κ1) is 30.6. The summed E-state index contributed by atoms with van der Waals surface area (Å²) >= 11 is 17.1. The molecule has 0 saturated heterocycles. The lowest BCUT2D eigenvalue weighted by Crippen LogP contribution is -3.00. The van der Waals surface area contributed by atoms with E-state index in [-0.39, 0.29) is 12.4 Å². The number of benzene rings is 2. The summed E-state index contributed by atoms with van der Waals surface area (Å²) in [5.74, 6) is 0. The van der Waals surface area contributed by atoms with Gasteiger partial charge in [0.1, 0.15) is 19.8 Å². The highest BCUT2D eigenvalue weighted by Gasteiger charge is 2.11. The number of hydrazone groups is 1. The van der Waals surface area contributed by atoms with Crippen molar-refractivity contribution in [2.75, 3.05) is 21.1 Å². The smallest absolute Gasteiger partial charge is 0.232 e. The van der Waals surface area contributed by atoms with Crippen LogP contribution in [0.15, 0.2) is 59.8 Å². The van der Waals surface area contributed by atoms with Crippen molar-refractivity contribution < 1.29 is 21.8 Å². The van der Waals surface area contributed by atoms with Gasteiger partial charge in [0.25, 0.3) is 0 Å². The second-order valence-corrected chi connectivity index (χ2v) is 7.68. The van der Waals surface area contributed by atoms with E-state index in [1.165, 1.54) is 5.67 Å². The molecular weight excluding hydrogens is 504 g/mol. The van der Waals surface area contributed by atoms with Crippen LogP contribution in [0.5, 0.6) is 0 Å². The van der Waals surface area contributed by atoms with E-state index in [1.807, 2.05) is 63.5 Å².